The molecule has 6 nitrogen and oxygen atoms in total. The van der Waals surface area contributed by atoms with E-state index in [0.29, 0.717) is 15.8 Å². The average Bonchev–Trinajstić information content (AvgIpc) is 2.84. The van der Waals surface area contributed by atoms with Crippen molar-refractivity contribution in [2.24, 2.45) is 0 Å². The van der Waals surface area contributed by atoms with E-state index in [1.54, 1.807) is 18.2 Å². The van der Waals surface area contributed by atoms with Gasteiger partial charge in [-0.1, -0.05) is 12.6 Å². The van der Waals surface area contributed by atoms with E-state index in [2.05, 4.69) is 22.5 Å². The van der Waals surface area contributed by atoms with Crippen LogP contribution in [0.1, 0.15) is 22.6 Å². The Balaban J connectivity index is 1.87. The molecule has 0 radical (unpaired) electrons. The van der Waals surface area contributed by atoms with Crippen molar-refractivity contribution >= 4 is 32.7 Å². The van der Waals surface area contributed by atoms with Crippen LogP contribution in [-0.4, -0.2) is 17.3 Å². The Bertz CT molecular complexity index is 1660. The van der Waals surface area contributed by atoms with Crippen molar-refractivity contribution in [2.45, 2.75) is 5.92 Å². The molecule has 2 heterocycles. The number of rotatable bonds is 4. The number of hydrogen-bond donors (Lipinski definition) is 2. The van der Waals surface area contributed by atoms with E-state index in [4.69, 9.17) is 13.9 Å². The maximum absolute atomic E-state index is 14.0. The highest BCUT2D eigenvalue weighted by molar-refractivity contribution is 9.10. The molecular weight excluding hydrogens is 538 g/mol. The lowest BCUT2D eigenvalue weighted by atomic mass is 9.81. The Labute approximate surface area is 211 Å². The van der Waals surface area contributed by atoms with Gasteiger partial charge >= 0.3 is 5.63 Å². The monoisotopic (exact) mass is 554 g/mol. The summed E-state index contributed by atoms with van der Waals surface area (Å²) in [5.74, 6) is -2.83. The van der Waals surface area contributed by atoms with Crippen molar-refractivity contribution in [3.05, 3.63) is 116 Å². The normalized spacial score (nSPS) is 13.9. The topological polar surface area (TPSA) is 89.1 Å². The molecule has 36 heavy (non-hydrogen) atoms. The molecule has 182 valence electrons. The van der Waals surface area contributed by atoms with Gasteiger partial charge in [0.25, 0.3) is 0 Å². The van der Waals surface area contributed by atoms with Crippen LogP contribution < -0.4 is 15.1 Å². The van der Waals surface area contributed by atoms with Crippen molar-refractivity contribution in [1.82, 2.24) is 0 Å². The first-order valence-corrected chi connectivity index (χ1v) is 11.4. The van der Waals surface area contributed by atoms with E-state index >= 15 is 0 Å². The van der Waals surface area contributed by atoms with Gasteiger partial charge in [0, 0.05) is 5.57 Å². The minimum atomic E-state index is -1.21. The van der Waals surface area contributed by atoms with Crippen LogP contribution in [0.4, 0.5) is 8.78 Å². The molecule has 1 aromatic heterocycles. The standard InChI is InChI=1S/C27H17BrF2O6/c1-12-22(25(31)16-10-14(29)4-7-19(16)35-12)23(13-3-6-21(34-2)18(28)9-13)24-26(32)17-11-15(30)5-8-20(17)36-27(24)33/h3-11,23,31-32H,1H2,2H3. The second-order valence-electron chi connectivity index (χ2n) is 8.05. The van der Waals surface area contributed by atoms with Crippen molar-refractivity contribution in [2.75, 3.05) is 7.11 Å². The Morgan fingerprint density at radius 3 is 2.47 bits per heavy atom. The lowest BCUT2D eigenvalue weighted by molar-refractivity contribution is 0.397. The van der Waals surface area contributed by atoms with E-state index in [-0.39, 0.29) is 39.2 Å². The van der Waals surface area contributed by atoms with Gasteiger partial charge in [0.1, 0.15) is 46.0 Å². The molecule has 0 aliphatic carbocycles. The summed E-state index contributed by atoms with van der Waals surface area (Å²) in [6.07, 6.45) is 0. The predicted octanol–water partition coefficient (Wildman–Crippen LogP) is 6.56. The minimum absolute atomic E-state index is 0.0106. The summed E-state index contributed by atoms with van der Waals surface area (Å²) in [7, 11) is 1.48. The van der Waals surface area contributed by atoms with Crippen molar-refractivity contribution < 1.29 is 32.9 Å². The van der Waals surface area contributed by atoms with Crippen LogP contribution in [0.3, 0.4) is 0 Å². The maximum Gasteiger partial charge on any atom is 0.344 e. The number of aliphatic hydroxyl groups excluding tert-OH is 1. The predicted molar refractivity (Wildman–Crippen MR) is 132 cm³/mol. The van der Waals surface area contributed by atoms with Gasteiger partial charge in [-0.2, -0.15) is 0 Å². The van der Waals surface area contributed by atoms with Gasteiger partial charge in [0.2, 0.25) is 0 Å². The molecule has 9 heteroatoms. The van der Waals surface area contributed by atoms with Gasteiger partial charge in [0.15, 0.2) is 0 Å². The van der Waals surface area contributed by atoms with E-state index in [1.165, 1.54) is 25.3 Å². The molecule has 0 saturated heterocycles. The van der Waals surface area contributed by atoms with Crippen LogP contribution in [-0.2, 0) is 0 Å². The molecule has 1 aliphatic heterocycles. The van der Waals surface area contributed by atoms with Crippen LogP contribution in [0.2, 0.25) is 0 Å². The third-order valence-electron chi connectivity index (χ3n) is 5.95. The molecule has 0 amide bonds. The first kappa shape index (κ1) is 23.6. The maximum atomic E-state index is 14.0. The lowest BCUT2D eigenvalue weighted by Crippen LogP contribution is -2.21. The van der Waals surface area contributed by atoms with Crippen LogP contribution in [0, 0.1) is 11.6 Å². The summed E-state index contributed by atoms with van der Waals surface area (Å²) in [5.41, 5.74) is -0.832. The Morgan fingerprint density at radius 2 is 1.75 bits per heavy atom. The van der Waals surface area contributed by atoms with Crippen LogP contribution >= 0.6 is 15.9 Å². The zero-order valence-corrected chi connectivity index (χ0v) is 20.2. The van der Waals surface area contributed by atoms with Crippen LogP contribution in [0.25, 0.3) is 16.7 Å². The summed E-state index contributed by atoms with van der Waals surface area (Å²) >= 11 is 3.40. The second kappa shape index (κ2) is 8.83. The largest absolute Gasteiger partial charge is 0.507 e. The number of ether oxygens (including phenoxy) is 2. The Morgan fingerprint density at radius 1 is 1.03 bits per heavy atom. The van der Waals surface area contributed by atoms with Crippen molar-refractivity contribution in [3.63, 3.8) is 0 Å². The smallest absolute Gasteiger partial charge is 0.344 e. The van der Waals surface area contributed by atoms with E-state index in [0.717, 1.165) is 18.2 Å². The van der Waals surface area contributed by atoms with Crippen LogP contribution in [0.15, 0.2) is 86.2 Å². The number of aromatic hydroxyl groups is 1. The van der Waals surface area contributed by atoms with Crippen LogP contribution in [0.5, 0.6) is 17.2 Å². The molecular formula is C27H17BrF2O6. The molecule has 5 rings (SSSR count). The highest BCUT2D eigenvalue weighted by Gasteiger charge is 2.36. The van der Waals surface area contributed by atoms with Gasteiger partial charge < -0.3 is 24.1 Å². The molecule has 2 N–H and O–H groups in total. The van der Waals surface area contributed by atoms with Gasteiger partial charge in [0.05, 0.1) is 34.0 Å². The summed E-state index contributed by atoms with van der Waals surface area (Å²) in [4.78, 5) is 13.2. The zero-order valence-electron chi connectivity index (χ0n) is 18.6. The third kappa shape index (κ3) is 3.81. The summed E-state index contributed by atoms with van der Waals surface area (Å²) in [6.45, 7) is 3.89. The summed E-state index contributed by atoms with van der Waals surface area (Å²) in [6, 6.07) is 11.8. The fourth-order valence-corrected chi connectivity index (χ4v) is 4.86. The van der Waals surface area contributed by atoms with Gasteiger partial charge in [-0.15, -0.1) is 0 Å². The highest BCUT2D eigenvalue weighted by Crippen LogP contribution is 2.47. The second-order valence-corrected chi connectivity index (χ2v) is 8.90. The van der Waals surface area contributed by atoms with Gasteiger partial charge in [-0.25, -0.2) is 13.6 Å². The summed E-state index contributed by atoms with van der Waals surface area (Å²) in [5, 5.41) is 22.4. The quantitative estimate of drug-likeness (QED) is 0.278. The van der Waals surface area contributed by atoms with Gasteiger partial charge in [-0.3, -0.25) is 0 Å². The number of methoxy groups -OCH3 is 1. The highest BCUT2D eigenvalue weighted by atomic mass is 79.9. The fourth-order valence-electron chi connectivity index (χ4n) is 4.31. The zero-order chi connectivity index (χ0) is 25.7. The van der Waals surface area contributed by atoms with E-state index < -0.39 is 34.7 Å². The first-order chi connectivity index (χ1) is 17.2. The SMILES string of the molecule is C=C1Oc2ccc(F)cc2C(O)=C1C(c1ccc(OC)c(Br)c1)c1c(O)c2cc(F)ccc2oc1=O. The molecule has 1 atom stereocenters. The van der Waals surface area contributed by atoms with E-state index in [9.17, 15) is 23.8 Å². The molecule has 4 aromatic rings. The molecule has 0 fully saturated rings. The molecule has 1 aliphatic rings. The number of aliphatic hydroxyl groups is 1. The number of halogens is 3. The fraction of sp³-hybridized carbons (Fsp3) is 0.0741. The number of allylic oxidation sites excluding steroid dienone is 1. The molecule has 0 bridgehead atoms. The molecule has 0 saturated carbocycles. The Hall–Kier alpha value is -4.11. The number of hydrogen-bond acceptors (Lipinski definition) is 6. The summed E-state index contributed by atoms with van der Waals surface area (Å²) < 4.78 is 45.0. The number of benzene rings is 3. The van der Waals surface area contributed by atoms with E-state index in [1.807, 2.05) is 0 Å². The molecule has 3 aromatic carbocycles. The average molecular weight is 555 g/mol. The van der Waals surface area contributed by atoms with Crippen molar-refractivity contribution in [1.29, 1.82) is 0 Å². The molecule has 1 unspecified atom stereocenters. The van der Waals surface area contributed by atoms with Gasteiger partial charge in [-0.05, 0) is 70.0 Å². The lowest BCUT2D eigenvalue weighted by Gasteiger charge is -2.28. The third-order valence-corrected chi connectivity index (χ3v) is 6.57. The minimum Gasteiger partial charge on any atom is -0.507 e. The first-order valence-electron chi connectivity index (χ1n) is 10.6. The van der Waals surface area contributed by atoms with Crippen molar-refractivity contribution in [3.8, 4) is 17.2 Å². The Kier molecular flexibility index (Phi) is 5.80. The molecule has 0 spiro atoms. The number of fused-ring (bicyclic) bond motifs is 2.